The van der Waals surface area contributed by atoms with Crippen LogP contribution in [0.4, 0.5) is 0 Å². The highest BCUT2D eigenvalue weighted by Crippen LogP contribution is 2.41. The predicted octanol–water partition coefficient (Wildman–Crippen LogP) is 1.87. The molecule has 11 nitrogen and oxygen atoms in total. The summed E-state index contributed by atoms with van der Waals surface area (Å²) in [6.07, 6.45) is 3.88. The number of ether oxygens (including phenoxy) is 5. The monoisotopic (exact) mass is 524 g/mol. The molecule has 0 N–H and O–H groups in total. The Balaban J connectivity index is 0.00000342. The molecule has 0 aliphatic carbocycles. The van der Waals surface area contributed by atoms with Crippen molar-refractivity contribution in [3.8, 4) is 34.4 Å². The Kier molecular flexibility index (Phi) is 8.59. The third-order valence-electron chi connectivity index (χ3n) is 5.36. The molecule has 0 radical (unpaired) electrons. The molecule has 3 heterocycles. The number of nitrogens with zero attached hydrogens (tertiary/aromatic N) is 4. The molecule has 0 spiro atoms. The van der Waals surface area contributed by atoms with E-state index in [1.807, 2.05) is 0 Å². The van der Waals surface area contributed by atoms with Gasteiger partial charge in [-0.05, 0) is 18.2 Å². The lowest BCUT2D eigenvalue weighted by Crippen LogP contribution is -2.47. The summed E-state index contributed by atoms with van der Waals surface area (Å²) in [6, 6.07) is 5.35. The fourth-order valence-corrected chi connectivity index (χ4v) is 4.53. The molecule has 1 fully saturated rings. The number of aromatic nitrogens is 3. The van der Waals surface area contributed by atoms with E-state index in [0.29, 0.717) is 52.7 Å². The van der Waals surface area contributed by atoms with Gasteiger partial charge < -0.3 is 23.7 Å². The number of hydrogen-bond donors (Lipinski definition) is 0. The number of methoxy groups -OCH3 is 3. The first-order valence-corrected chi connectivity index (χ1v) is 12.3. The van der Waals surface area contributed by atoms with Crippen molar-refractivity contribution in [1.82, 2.24) is 19.3 Å². The van der Waals surface area contributed by atoms with Gasteiger partial charge in [-0.15, -0.1) is 0 Å². The maximum atomic E-state index is 11.9. The summed E-state index contributed by atoms with van der Waals surface area (Å²) in [6.45, 7) is 0.914. The van der Waals surface area contributed by atoms with Crippen LogP contribution in [-0.4, -0.2) is 87.7 Å². The molecule has 0 amide bonds. The van der Waals surface area contributed by atoms with Crippen LogP contribution in [0, 0.1) is 0 Å². The second-order valence-electron chi connectivity index (χ2n) is 7.58. The van der Waals surface area contributed by atoms with E-state index in [0.717, 1.165) is 0 Å². The largest absolute Gasteiger partial charge is 0.493 e. The van der Waals surface area contributed by atoms with E-state index in [9.17, 15) is 8.42 Å². The zero-order valence-electron chi connectivity index (χ0n) is 19.8. The lowest BCUT2D eigenvalue weighted by atomic mass is 10.1. The standard InChI is InChI=1S/C22H26N4O7S.H2S/c1-29-18-9-14(10-19(30-2)21(18)31-3)16-11-17-20(24-6-5-23-17)22(25-16)33-13-15-12-26(7-8-32-15)34(4,27)28;/h5-6,9-11,15H,7-8,12-13H2,1-4H3;1H2/t15-;/m0./s1. The molecule has 2 aromatic heterocycles. The molecule has 35 heavy (non-hydrogen) atoms. The molecular weight excluding hydrogens is 496 g/mol. The Morgan fingerprint density at radius 3 is 2.37 bits per heavy atom. The van der Waals surface area contributed by atoms with Crippen LogP contribution in [0.25, 0.3) is 22.3 Å². The van der Waals surface area contributed by atoms with Crippen molar-refractivity contribution in [3.05, 3.63) is 30.6 Å². The summed E-state index contributed by atoms with van der Waals surface area (Å²) in [4.78, 5) is 13.4. The van der Waals surface area contributed by atoms with Gasteiger partial charge in [0.15, 0.2) is 17.0 Å². The van der Waals surface area contributed by atoms with E-state index in [2.05, 4.69) is 15.0 Å². The Morgan fingerprint density at radius 2 is 1.74 bits per heavy atom. The summed E-state index contributed by atoms with van der Waals surface area (Å²) in [7, 11) is 1.30. The Bertz CT molecular complexity index is 1270. The summed E-state index contributed by atoms with van der Waals surface area (Å²) in [5.41, 5.74) is 2.32. The van der Waals surface area contributed by atoms with Gasteiger partial charge in [-0.1, -0.05) is 0 Å². The number of benzene rings is 1. The fraction of sp³-hybridized carbons (Fsp3) is 0.409. The molecule has 1 aliphatic rings. The van der Waals surface area contributed by atoms with Crippen LogP contribution in [0.2, 0.25) is 0 Å². The van der Waals surface area contributed by atoms with E-state index in [1.54, 1.807) is 44.8 Å². The highest BCUT2D eigenvalue weighted by Gasteiger charge is 2.27. The summed E-state index contributed by atoms with van der Waals surface area (Å²) < 4.78 is 53.2. The van der Waals surface area contributed by atoms with Crippen LogP contribution in [0.5, 0.6) is 23.1 Å². The second kappa shape index (κ2) is 11.2. The molecule has 0 bridgehead atoms. The molecule has 4 rings (SSSR count). The maximum absolute atomic E-state index is 11.9. The van der Waals surface area contributed by atoms with Gasteiger partial charge in [-0.3, -0.25) is 4.98 Å². The van der Waals surface area contributed by atoms with E-state index >= 15 is 0 Å². The number of morpholine rings is 1. The highest BCUT2D eigenvalue weighted by atomic mass is 32.2. The first kappa shape index (κ1) is 26.7. The molecule has 3 aromatic rings. The van der Waals surface area contributed by atoms with E-state index in [1.165, 1.54) is 17.7 Å². The molecule has 0 unspecified atom stereocenters. The van der Waals surface area contributed by atoms with E-state index in [4.69, 9.17) is 23.7 Å². The zero-order valence-corrected chi connectivity index (χ0v) is 21.7. The van der Waals surface area contributed by atoms with Gasteiger partial charge in [-0.2, -0.15) is 17.8 Å². The minimum atomic E-state index is -3.31. The first-order valence-electron chi connectivity index (χ1n) is 10.5. The topological polar surface area (TPSA) is 122 Å². The van der Waals surface area contributed by atoms with Crippen molar-refractivity contribution in [2.75, 3.05) is 53.9 Å². The van der Waals surface area contributed by atoms with Crippen molar-refractivity contribution in [2.45, 2.75) is 6.10 Å². The Morgan fingerprint density at radius 1 is 1.06 bits per heavy atom. The first-order chi connectivity index (χ1) is 16.3. The van der Waals surface area contributed by atoms with Gasteiger partial charge in [0.2, 0.25) is 21.7 Å². The van der Waals surface area contributed by atoms with Crippen LogP contribution in [0.15, 0.2) is 30.6 Å². The second-order valence-corrected chi connectivity index (χ2v) is 9.56. The summed E-state index contributed by atoms with van der Waals surface area (Å²) in [5.74, 6) is 1.69. The average molecular weight is 525 g/mol. The third kappa shape index (κ3) is 5.86. The minimum Gasteiger partial charge on any atom is -0.493 e. The fourth-order valence-electron chi connectivity index (χ4n) is 3.69. The zero-order chi connectivity index (χ0) is 24.3. The maximum Gasteiger partial charge on any atom is 0.242 e. The molecule has 0 saturated carbocycles. The Hall–Kier alpha value is -2.87. The number of rotatable bonds is 8. The molecule has 1 atom stereocenters. The molecule has 1 aliphatic heterocycles. The predicted molar refractivity (Wildman–Crippen MR) is 134 cm³/mol. The van der Waals surface area contributed by atoms with Crippen molar-refractivity contribution in [3.63, 3.8) is 0 Å². The van der Waals surface area contributed by atoms with Gasteiger partial charge in [0, 0.05) is 31.0 Å². The van der Waals surface area contributed by atoms with Crippen LogP contribution < -0.4 is 18.9 Å². The number of fused-ring (bicyclic) bond motifs is 1. The van der Waals surface area contributed by atoms with Crippen LogP contribution >= 0.6 is 13.5 Å². The SMILES string of the molecule is COc1cc(-c2cc3nccnc3c(OC[C@@H]3CN(S(C)(=O)=O)CCO3)n2)cc(OC)c1OC.S. The summed E-state index contributed by atoms with van der Waals surface area (Å²) in [5, 5.41) is 0. The van der Waals surface area contributed by atoms with E-state index < -0.39 is 16.1 Å². The van der Waals surface area contributed by atoms with Gasteiger partial charge in [0.05, 0.1) is 45.4 Å². The smallest absolute Gasteiger partial charge is 0.242 e. The van der Waals surface area contributed by atoms with E-state index in [-0.39, 0.29) is 32.5 Å². The molecule has 190 valence electrons. The summed E-state index contributed by atoms with van der Waals surface area (Å²) >= 11 is 0. The third-order valence-corrected chi connectivity index (χ3v) is 6.63. The molecule has 1 saturated heterocycles. The van der Waals surface area contributed by atoms with Gasteiger partial charge in [-0.25, -0.2) is 18.4 Å². The van der Waals surface area contributed by atoms with Gasteiger partial charge in [0.25, 0.3) is 0 Å². The lowest BCUT2D eigenvalue weighted by Gasteiger charge is -2.30. The van der Waals surface area contributed by atoms with Gasteiger partial charge >= 0.3 is 0 Å². The number of hydrogen-bond acceptors (Lipinski definition) is 10. The van der Waals surface area contributed by atoms with Crippen molar-refractivity contribution >= 4 is 34.6 Å². The highest BCUT2D eigenvalue weighted by molar-refractivity contribution is 7.88. The van der Waals surface area contributed by atoms with Crippen molar-refractivity contribution in [2.24, 2.45) is 0 Å². The van der Waals surface area contributed by atoms with Crippen LogP contribution in [0.3, 0.4) is 0 Å². The number of sulfonamides is 1. The van der Waals surface area contributed by atoms with Crippen LogP contribution in [-0.2, 0) is 14.8 Å². The minimum absolute atomic E-state index is 0. The normalized spacial score (nSPS) is 16.4. The van der Waals surface area contributed by atoms with Crippen LogP contribution in [0.1, 0.15) is 0 Å². The lowest BCUT2D eigenvalue weighted by molar-refractivity contribution is -0.0252. The van der Waals surface area contributed by atoms with Crippen molar-refractivity contribution < 1.29 is 32.1 Å². The molecular formula is C22H28N4O7S2. The quantitative estimate of drug-likeness (QED) is 0.432. The Labute approximate surface area is 210 Å². The molecule has 1 aromatic carbocycles. The van der Waals surface area contributed by atoms with Gasteiger partial charge in [0.1, 0.15) is 12.7 Å². The average Bonchev–Trinajstić information content (AvgIpc) is 2.85. The number of pyridine rings is 1. The van der Waals surface area contributed by atoms with Crippen molar-refractivity contribution in [1.29, 1.82) is 0 Å². The molecule has 13 heteroatoms.